The number of rotatable bonds is 0. The van der Waals surface area contributed by atoms with Crippen molar-refractivity contribution in [1.29, 1.82) is 0 Å². The third-order valence-electron chi connectivity index (χ3n) is 8.90. The van der Waals surface area contributed by atoms with Crippen molar-refractivity contribution in [3.05, 3.63) is 12.2 Å². The Labute approximate surface area is 152 Å². The van der Waals surface area contributed by atoms with Gasteiger partial charge >= 0.3 is 0 Å². The minimum atomic E-state index is -2.05. The highest BCUT2D eigenvalue weighted by molar-refractivity contribution is 6.04. The van der Waals surface area contributed by atoms with E-state index in [0.29, 0.717) is 31.3 Å². The van der Waals surface area contributed by atoms with Crippen LogP contribution >= 0.6 is 0 Å². The van der Waals surface area contributed by atoms with E-state index < -0.39 is 52.2 Å². The SMILES string of the molecule is C=C1C(=O)C23CC1CC(O)C2C12CCC(O)C(C)(C)C1C(O)C3(O)OC2. The predicted octanol–water partition coefficient (Wildman–Crippen LogP) is 0.376. The van der Waals surface area contributed by atoms with Gasteiger partial charge in [0, 0.05) is 17.3 Å². The highest BCUT2D eigenvalue weighted by atomic mass is 16.6. The molecule has 26 heavy (non-hydrogen) atoms. The first-order valence-electron chi connectivity index (χ1n) is 9.68. The second-order valence-corrected chi connectivity index (χ2v) is 10.0. The maximum atomic E-state index is 13.3. The van der Waals surface area contributed by atoms with Crippen molar-refractivity contribution < 1.29 is 30.0 Å². The lowest BCUT2D eigenvalue weighted by Crippen LogP contribution is -2.83. The Morgan fingerprint density at radius 1 is 1.19 bits per heavy atom. The maximum Gasteiger partial charge on any atom is 0.205 e. The van der Waals surface area contributed by atoms with E-state index in [9.17, 15) is 25.2 Å². The second kappa shape index (κ2) is 4.61. The van der Waals surface area contributed by atoms with E-state index in [-0.39, 0.29) is 18.3 Å². The summed E-state index contributed by atoms with van der Waals surface area (Å²) in [5, 5.41) is 44.6. The average molecular weight is 364 g/mol. The van der Waals surface area contributed by atoms with Crippen LogP contribution in [0.5, 0.6) is 0 Å². The Morgan fingerprint density at radius 3 is 2.58 bits per heavy atom. The first-order chi connectivity index (χ1) is 12.0. The number of ether oxygens (including phenoxy) is 1. The molecule has 2 heterocycles. The maximum absolute atomic E-state index is 13.3. The molecule has 4 aliphatic carbocycles. The van der Waals surface area contributed by atoms with Crippen LogP contribution in [0.4, 0.5) is 0 Å². The van der Waals surface area contributed by atoms with Gasteiger partial charge in [-0.1, -0.05) is 20.4 Å². The van der Waals surface area contributed by atoms with Crippen LogP contribution in [0.15, 0.2) is 12.2 Å². The van der Waals surface area contributed by atoms with Gasteiger partial charge in [-0.15, -0.1) is 0 Å². The number of carbonyl (C=O) groups is 1. The number of Topliss-reactive ketones (excluding diaryl/α,β-unsaturated/α-hetero) is 1. The fraction of sp³-hybridized carbons (Fsp3) is 0.850. The molecular weight excluding hydrogens is 336 g/mol. The molecule has 9 atom stereocenters. The number of aliphatic hydroxyl groups is 4. The standard InChI is InChI=1S/C20H28O6/c1-9-10-6-11(21)13-18-5-4-12(22)17(2,3)14(18)16(24)20(25,26-8-18)19(13,7-10)15(9)23/h10-14,16,21-22,24-25H,1,4-8H2,2-3H3. The topological polar surface area (TPSA) is 107 Å². The van der Waals surface area contributed by atoms with E-state index in [0.717, 1.165) is 0 Å². The van der Waals surface area contributed by atoms with Gasteiger partial charge in [0.1, 0.15) is 6.10 Å². The van der Waals surface area contributed by atoms with Crippen molar-refractivity contribution in [2.45, 2.75) is 63.6 Å². The molecule has 4 bridgehead atoms. The predicted molar refractivity (Wildman–Crippen MR) is 90.7 cm³/mol. The van der Waals surface area contributed by atoms with Gasteiger partial charge in [0.25, 0.3) is 0 Å². The molecule has 6 aliphatic rings. The molecule has 2 spiro atoms. The second-order valence-electron chi connectivity index (χ2n) is 10.0. The zero-order valence-corrected chi connectivity index (χ0v) is 15.3. The lowest BCUT2D eigenvalue weighted by molar-refractivity contribution is -0.449. The molecule has 144 valence electrons. The Bertz CT molecular complexity index is 713. The number of ketones is 1. The number of hydrogen-bond donors (Lipinski definition) is 4. The van der Waals surface area contributed by atoms with Crippen LogP contribution in [0.3, 0.4) is 0 Å². The average Bonchev–Trinajstić information content (AvgIpc) is 2.76. The summed E-state index contributed by atoms with van der Waals surface area (Å²) < 4.78 is 5.87. The summed E-state index contributed by atoms with van der Waals surface area (Å²) in [5.74, 6) is -3.43. The van der Waals surface area contributed by atoms with Gasteiger partial charge < -0.3 is 25.2 Å². The molecule has 9 unspecified atom stereocenters. The zero-order valence-electron chi connectivity index (χ0n) is 15.3. The summed E-state index contributed by atoms with van der Waals surface area (Å²) in [5.41, 5.74) is -2.20. The van der Waals surface area contributed by atoms with Crippen molar-refractivity contribution >= 4 is 5.78 Å². The zero-order chi connectivity index (χ0) is 18.9. The molecule has 4 saturated carbocycles. The Morgan fingerprint density at radius 2 is 1.88 bits per heavy atom. The summed E-state index contributed by atoms with van der Waals surface area (Å²) in [6, 6.07) is 0. The first kappa shape index (κ1) is 17.3. The van der Waals surface area contributed by atoms with Gasteiger partial charge in [-0.3, -0.25) is 4.79 Å². The minimum Gasteiger partial charge on any atom is -0.393 e. The van der Waals surface area contributed by atoms with E-state index in [1.807, 2.05) is 13.8 Å². The van der Waals surface area contributed by atoms with Crippen LogP contribution in [0.25, 0.3) is 0 Å². The first-order valence-corrected chi connectivity index (χ1v) is 9.68. The van der Waals surface area contributed by atoms with Gasteiger partial charge in [0.15, 0.2) is 5.78 Å². The quantitative estimate of drug-likeness (QED) is 0.463. The fourth-order valence-corrected chi connectivity index (χ4v) is 7.88. The summed E-state index contributed by atoms with van der Waals surface area (Å²) in [6.45, 7) is 7.92. The lowest BCUT2D eigenvalue weighted by Gasteiger charge is -2.74. The van der Waals surface area contributed by atoms with Crippen molar-refractivity contribution in [1.82, 2.24) is 0 Å². The molecule has 0 aromatic carbocycles. The summed E-state index contributed by atoms with van der Waals surface area (Å²) >= 11 is 0. The molecule has 0 amide bonds. The summed E-state index contributed by atoms with van der Waals surface area (Å²) in [4.78, 5) is 13.3. The third kappa shape index (κ3) is 1.47. The van der Waals surface area contributed by atoms with E-state index in [1.54, 1.807) is 0 Å². The molecule has 4 N–H and O–H groups in total. The molecule has 0 aromatic heterocycles. The van der Waals surface area contributed by atoms with Gasteiger partial charge in [-0.05, 0) is 42.6 Å². The van der Waals surface area contributed by atoms with Gasteiger partial charge in [-0.25, -0.2) is 0 Å². The van der Waals surface area contributed by atoms with Crippen LogP contribution in [-0.2, 0) is 9.53 Å². The molecule has 6 heteroatoms. The number of hydrogen-bond acceptors (Lipinski definition) is 6. The number of fused-ring (bicyclic) bond motifs is 2. The van der Waals surface area contributed by atoms with Crippen LogP contribution in [0.2, 0.25) is 0 Å². The molecule has 6 rings (SSSR count). The van der Waals surface area contributed by atoms with E-state index in [1.165, 1.54) is 0 Å². The third-order valence-corrected chi connectivity index (χ3v) is 8.90. The highest BCUT2D eigenvalue weighted by Crippen LogP contribution is 2.76. The van der Waals surface area contributed by atoms with Crippen LogP contribution in [-0.4, -0.2) is 56.9 Å². The largest absolute Gasteiger partial charge is 0.393 e. The Balaban J connectivity index is 1.78. The van der Waals surface area contributed by atoms with Gasteiger partial charge in [0.05, 0.1) is 24.2 Å². The molecule has 0 aromatic rings. The van der Waals surface area contributed by atoms with Gasteiger partial charge in [-0.2, -0.15) is 0 Å². The normalized spacial score (nSPS) is 59.9. The van der Waals surface area contributed by atoms with Crippen molar-refractivity contribution in [2.75, 3.05) is 6.61 Å². The van der Waals surface area contributed by atoms with Crippen molar-refractivity contribution in [2.24, 2.45) is 34.0 Å². The van der Waals surface area contributed by atoms with E-state index in [2.05, 4.69) is 6.58 Å². The molecular formula is C20H28O6. The number of allylic oxidation sites excluding steroid dienone is 1. The molecule has 2 aliphatic heterocycles. The van der Waals surface area contributed by atoms with Crippen LogP contribution in [0.1, 0.15) is 39.5 Å². The Kier molecular flexibility index (Phi) is 3.07. The smallest absolute Gasteiger partial charge is 0.205 e. The van der Waals surface area contributed by atoms with Crippen molar-refractivity contribution in [3.63, 3.8) is 0 Å². The molecule has 6 nitrogen and oxygen atoms in total. The lowest BCUT2D eigenvalue weighted by atomic mass is 9.36. The van der Waals surface area contributed by atoms with Crippen molar-refractivity contribution in [3.8, 4) is 0 Å². The Hall–Kier alpha value is -0.790. The molecule has 2 saturated heterocycles. The summed E-state index contributed by atoms with van der Waals surface area (Å²) in [6.07, 6.45) is -0.752. The highest BCUT2D eigenvalue weighted by Gasteiger charge is 2.84. The molecule has 6 fully saturated rings. The van der Waals surface area contributed by atoms with E-state index in [4.69, 9.17) is 4.74 Å². The number of aliphatic hydroxyl groups excluding tert-OH is 3. The minimum absolute atomic E-state index is 0.176. The van der Waals surface area contributed by atoms with Crippen LogP contribution < -0.4 is 0 Å². The monoisotopic (exact) mass is 364 g/mol. The van der Waals surface area contributed by atoms with Crippen LogP contribution in [0, 0.1) is 34.0 Å². The number of carbonyl (C=O) groups excluding carboxylic acids is 1. The molecule has 0 radical (unpaired) electrons. The summed E-state index contributed by atoms with van der Waals surface area (Å²) in [7, 11) is 0. The fourth-order valence-electron chi connectivity index (χ4n) is 7.88. The van der Waals surface area contributed by atoms with Gasteiger partial charge in [0.2, 0.25) is 5.79 Å². The van der Waals surface area contributed by atoms with E-state index >= 15 is 0 Å².